The maximum Gasteiger partial charge on any atom is 0.252 e. The van der Waals surface area contributed by atoms with E-state index in [4.69, 9.17) is 15.0 Å². The highest BCUT2D eigenvalue weighted by Crippen LogP contribution is 2.17. The Balaban J connectivity index is 2.60. The molecule has 2 N–H and O–H groups in total. The average molecular weight is 227 g/mol. The predicted molar refractivity (Wildman–Crippen MR) is 60.7 cm³/mol. The van der Waals surface area contributed by atoms with Crippen LogP contribution in [-0.4, -0.2) is 15.7 Å². The number of hydrogen-bond acceptors (Lipinski definition) is 5. The first-order chi connectivity index (χ1) is 7.24. The van der Waals surface area contributed by atoms with Crippen LogP contribution in [-0.2, 0) is 16.9 Å². The van der Waals surface area contributed by atoms with E-state index in [0.29, 0.717) is 18.3 Å². The van der Waals surface area contributed by atoms with Gasteiger partial charge < -0.3 is 15.0 Å². The third kappa shape index (κ3) is 3.57. The van der Waals surface area contributed by atoms with Crippen molar-refractivity contribution in [3.63, 3.8) is 0 Å². The monoisotopic (exact) mass is 227 g/mol. The Morgan fingerprint density at radius 1 is 1.31 bits per heavy atom. The molecule has 1 heterocycles. The van der Waals surface area contributed by atoms with Gasteiger partial charge in [0, 0.05) is 0 Å². The van der Waals surface area contributed by atoms with E-state index in [2.05, 4.69) is 17.1 Å². The topological polar surface area (TPSA) is 74.2 Å². The number of aromatic nitrogens is 2. The number of nitrogens with two attached hydrogens (primary N) is 1. The van der Waals surface area contributed by atoms with Crippen molar-refractivity contribution in [2.45, 2.75) is 58.8 Å². The standard InChI is InChI=1S/C11H21N3O2/c1-6-10(2,3)15-7-8-13-9(14-16-8)11(4,5)12/h6-7,12H2,1-5H3. The van der Waals surface area contributed by atoms with E-state index < -0.39 is 5.54 Å². The molecule has 1 aromatic rings. The Kier molecular flexibility index (Phi) is 3.70. The number of rotatable bonds is 5. The molecule has 0 aliphatic rings. The zero-order valence-corrected chi connectivity index (χ0v) is 10.7. The third-order valence-corrected chi connectivity index (χ3v) is 2.48. The maximum atomic E-state index is 5.85. The lowest BCUT2D eigenvalue weighted by Gasteiger charge is -2.22. The Bertz CT molecular complexity index is 339. The molecule has 0 aromatic carbocycles. The zero-order chi connectivity index (χ0) is 12.4. The van der Waals surface area contributed by atoms with E-state index >= 15 is 0 Å². The second-order valence-electron chi connectivity index (χ2n) is 5.14. The molecule has 0 radical (unpaired) electrons. The highest BCUT2D eigenvalue weighted by Gasteiger charge is 2.22. The second kappa shape index (κ2) is 4.51. The van der Waals surface area contributed by atoms with Crippen molar-refractivity contribution in [3.8, 4) is 0 Å². The van der Waals surface area contributed by atoms with E-state index in [1.165, 1.54) is 0 Å². The van der Waals surface area contributed by atoms with Crippen LogP contribution in [0.25, 0.3) is 0 Å². The van der Waals surface area contributed by atoms with Crippen LogP contribution in [0.3, 0.4) is 0 Å². The van der Waals surface area contributed by atoms with Crippen molar-refractivity contribution >= 4 is 0 Å². The van der Waals surface area contributed by atoms with Crippen LogP contribution in [0.1, 0.15) is 52.8 Å². The van der Waals surface area contributed by atoms with Crippen LogP contribution in [0.4, 0.5) is 0 Å². The van der Waals surface area contributed by atoms with Gasteiger partial charge in [0.25, 0.3) is 5.89 Å². The van der Waals surface area contributed by atoms with Crippen molar-refractivity contribution in [3.05, 3.63) is 11.7 Å². The van der Waals surface area contributed by atoms with Crippen molar-refractivity contribution < 1.29 is 9.26 Å². The highest BCUT2D eigenvalue weighted by molar-refractivity contribution is 4.98. The fraction of sp³-hybridized carbons (Fsp3) is 0.818. The van der Waals surface area contributed by atoms with Crippen LogP contribution in [0.2, 0.25) is 0 Å². The molecule has 0 fully saturated rings. The summed E-state index contributed by atoms with van der Waals surface area (Å²) >= 11 is 0. The van der Waals surface area contributed by atoms with Crippen molar-refractivity contribution in [2.24, 2.45) is 5.73 Å². The minimum absolute atomic E-state index is 0.174. The van der Waals surface area contributed by atoms with E-state index in [1.54, 1.807) is 0 Å². The third-order valence-electron chi connectivity index (χ3n) is 2.48. The second-order valence-corrected chi connectivity index (χ2v) is 5.14. The van der Waals surface area contributed by atoms with Crippen molar-refractivity contribution in [1.29, 1.82) is 0 Å². The van der Waals surface area contributed by atoms with Gasteiger partial charge in [-0.25, -0.2) is 0 Å². The van der Waals surface area contributed by atoms with Crippen LogP contribution < -0.4 is 5.73 Å². The van der Waals surface area contributed by atoms with Gasteiger partial charge in [-0.2, -0.15) is 4.98 Å². The van der Waals surface area contributed by atoms with E-state index in [1.807, 2.05) is 27.7 Å². The first-order valence-electron chi connectivity index (χ1n) is 5.50. The summed E-state index contributed by atoms with van der Waals surface area (Å²) < 4.78 is 10.7. The summed E-state index contributed by atoms with van der Waals surface area (Å²) in [5.41, 5.74) is 5.10. The molecular formula is C11H21N3O2. The summed E-state index contributed by atoms with van der Waals surface area (Å²) in [5, 5.41) is 3.82. The molecule has 0 spiro atoms. The van der Waals surface area contributed by atoms with Gasteiger partial charge in [-0.3, -0.25) is 0 Å². The molecule has 0 amide bonds. The molecule has 1 aromatic heterocycles. The van der Waals surface area contributed by atoms with Gasteiger partial charge in [0.05, 0.1) is 11.1 Å². The van der Waals surface area contributed by atoms with Gasteiger partial charge >= 0.3 is 0 Å². The molecule has 0 bridgehead atoms. The van der Waals surface area contributed by atoms with Crippen molar-refractivity contribution in [2.75, 3.05) is 0 Å². The first-order valence-corrected chi connectivity index (χ1v) is 5.50. The van der Waals surface area contributed by atoms with Gasteiger partial charge in [0.15, 0.2) is 5.82 Å². The van der Waals surface area contributed by atoms with Gasteiger partial charge in [-0.15, -0.1) is 0 Å². The van der Waals surface area contributed by atoms with E-state index in [-0.39, 0.29) is 5.60 Å². The molecule has 0 saturated heterocycles. The smallest absolute Gasteiger partial charge is 0.252 e. The molecule has 0 atom stereocenters. The molecule has 0 aliphatic heterocycles. The summed E-state index contributed by atoms with van der Waals surface area (Å²) in [6.45, 7) is 10.1. The lowest BCUT2D eigenvalue weighted by atomic mass is 10.1. The van der Waals surface area contributed by atoms with Gasteiger partial charge in [0.2, 0.25) is 0 Å². The number of nitrogens with zero attached hydrogens (tertiary/aromatic N) is 2. The number of hydrogen-bond donors (Lipinski definition) is 1. The van der Waals surface area contributed by atoms with E-state index in [0.717, 1.165) is 6.42 Å². The molecule has 16 heavy (non-hydrogen) atoms. The van der Waals surface area contributed by atoms with Gasteiger partial charge in [-0.05, 0) is 34.1 Å². The molecular weight excluding hydrogens is 206 g/mol. The van der Waals surface area contributed by atoms with Gasteiger partial charge in [-0.1, -0.05) is 12.1 Å². The van der Waals surface area contributed by atoms with Crippen LogP contribution in [0.15, 0.2) is 4.52 Å². The Labute approximate surface area is 96.4 Å². The van der Waals surface area contributed by atoms with Crippen molar-refractivity contribution in [1.82, 2.24) is 10.1 Å². The average Bonchev–Trinajstić information content (AvgIpc) is 2.63. The van der Waals surface area contributed by atoms with Gasteiger partial charge in [0.1, 0.15) is 6.61 Å². The molecule has 0 aliphatic carbocycles. The summed E-state index contributed by atoms with van der Waals surface area (Å²) in [6, 6.07) is 0. The lowest BCUT2D eigenvalue weighted by molar-refractivity contribution is -0.0416. The summed E-state index contributed by atoms with van der Waals surface area (Å²) in [7, 11) is 0. The molecule has 1 rings (SSSR count). The summed E-state index contributed by atoms with van der Waals surface area (Å²) in [5.74, 6) is 0.968. The minimum Gasteiger partial charge on any atom is -0.366 e. The van der Waals surface area contributed by atoms with Crippen LogP contribution >= 0.6 is 0 Å². The fourth-order valence-electron chi connectivity index (χ4n) is 0.934. The fourth-order valence-corrected chi connectivity index (χ4v) is 0.934. The van der Waals surface area contributed by atoms with E-state index in [9.17, 15) is 0 Å². The first kappa shape index (κ1) is 13.1. The van der Waals surface area contributed by atoms with Crippen LogP contribution in [0, 0.1) is 0 Å². The molecule has 5 heteroatoms. The van der Waals surface area contributed by atoms with Crippen LogP contribution in [0.5, 0.6) is 0 Å². The minimum atomic E-state index is -0.581. The molecule has 92 valence electrons. The zero-order valence-electron chi connectivity index (χ0n) is 10.7. The predicted octanol–water partition coefficient (Wildman–Crippen LogP) is 1.97. The Hall–Kier alpha value is -0.940. The molecule has 0 saturated carbocycles. The normalized spacial score (nSPS) is 13.1. The summed E-state index contributed by atoms with van der Waals surface area (Å²) in [6.07, 6.45) is 0.927. The summed E-state index contributed by atoms with van der Waals surface area (Å²) in [4.78, 5) is 4.19. The molecule has 5 nitrogen and oxygen atoms in total. The maximum absolute atomic E-state index is 5.85. The Morgan fingerprint density at radius 2 is 1.94 bits per heavy atom. The highest BCUT2D eigenvalue weighted by atomic mass is 16.5. The SMILES string of the molecule is CCC(C)(C)OCc1nc(C(C)(C)N)no1. The quantitative estimate of drug-likeness (QED) is 0.832. The largest absolute Gasteiger partial charge is 0.366 e. The number of ether oxygens (including phenoxy) is 1. The molecule has 0 unspecified atom stereocenters. The lowest BCUT2D eigenvalue weighted by Crippen LogP contribution is -2.30. The Morgan fingerprint density at radius 3 is 2.38 bits per heavy atom.